The number of oxazole rings is 1. The molecule has 2 heterocycles. The molecule has 1 aliphatic rings. The number of rotatable bonds is 11. The molecule has 3 aromatic rings. The molecule has 0 saturated heterocycles. The number of thiophene rings is 1. The van der Waals surface area contributed by atoms with Crippen molar-refractivity contribution in [2.75, 3.05) is 13.2 Å². The van der Waals surface area contributed by atoms with Gasteiger partial charge in [0.05, 0.1) is 23.8 Å². The third-order valence-electron chi connectivity index (χ3n) is 6.63. The van der Waals surface area contributed by atoms with Gasteiger partial charge in [0.2, 0.25) is 5.89 Å². The highest BCUT2D eigenvalue weighted by molar-refractivity contribution is 7.13. The Bertz CT molecular complexity index is 1130. The Kier molecular flexibility index (Phi) is 8.72. The molecule has 1 aromatic carbocycles. The zero-order chi connectivity index (χ0) is 25.5. The largest absolute Gasteiger partial charge is 0.493 e. The molecule has 0 unspecified atom stereocenters. The fourth-order valence-electron chi connectivity index (χ4n) is 4.66. The average molecular weight is 512 g/mol. The van der Waals surface area contributed by atoms with Gasteiger partial charge in [-0.2, -0.15) is 0 Å². The Morgan fingerprint density at radius 2 is 2.00 bits per heavy atom. The predicted octanol–water partition coefficient (Wildman–Crippen LogP) is 7.18. The number of aryl methyl sites for hydroxylation is 1. The van der Waals surface area contributed by atoms with Gasteiger partial charge in [-0.1, -0.05) is 38.2 Å². The second-order valence-corrected chi connectivity index (χ2v) is 10.9. The van der Waals surface area contributed by atoms with Crippen LogP contribution in [0.1, 0.15) is 69.9 Å². The topological polar surface area (TPSA) is 70.8 Å². The summed E-state index contributed by atoms with van der Waals surface area (Å²) in [6.07, 6.45) is 7.89. The van der Waals surface area contributed by atoms with Crippen molar-refractivity contribution in [3.63, 3.8) is 0 Å². The summed E-state index contributed by atoms with van der Waals surface area (Å²) >= 11 is 1.62. The van der Waals surface area contributed by atoms with Crippen molar-refractivity contribution < 1.29 is 23.4 Å². The van der Waals surface area contributed by atoms with Gasteiger partial charge in [-0.15, -0.1) is 11.3 Å². The number of aromatic nitrogens is 1. The number of carbonyl (C=O) groups is 1. The maximum Gasteiger partial charge on any atom is 0.349 e. The monoisotopic (exact) mass is 511 g/mol. The molecular weight excluding hydrogens is 474 g/mol. The molecule has 0 spiro atoms. The highest BCUT2D eigenvalue weighted by atomic mass is 32.1. The zero-order valence-corrected chi connectivity index (χ0v) is 22.6. The third-order valence-corrected chi connectivity index (χ3v) is 7.49. The summed E-state index contributed by atoms with van der Waals surface area (Å²) in [7, 11) is 0. The zero-order valence-electron chi connectivity index (χ0n) is 21.8. The lowest BCUT2D eigenvalue weighted by molar-refractivity contribution is -0.158. The van der Waals surface area contributed by atoms with E-state index >= 15 is 0 Å². The van der Waals surface area contributed by atoms with E-state index in [1.165, 1.54) is 32.1 Å². The molecule has 1 aliphatic carbocycles. The number of hydrogen-bond donors (Lipinski definition) is 0. The lowest BCUT2D eigenvalue weighted by atomic mass is 9.84. The minimum atomic E-state index is -1.07. The van der Waals surface area contributed by atoms with E-state index in [0.717, 1.165) is 39.8 Å². The summed E-state index contributed by atoms with van der Waals surface area (Å²) < 4.78 is 23.4. The Hall–Kier alpha value is -2.80. The Labute approximate surface area is 218 Å². The SMILES string of the molecule is CCOC(=O)C(C)(C)Oc1ccc(OCCc2nc(-c3cccs3)oc2C)cc1CC1CCCCC1. The predicted molar refractivity (Wildman–Crippen MR) is 142 cm³/mol. The standard InChI is InChI=1S/C29H37NO5S/c1-5-32-28(31)29(3,4)35-25-14-13-23(19-22(25)18-21-10-7-6-8-11-21)33-16-15-24-20(2)34-27(30-24)26-12-9-17-36-26/h9,12-14,17,19,21H,5-8,10-11,15-16,18H2,1-4H3. The van der Waals surface area contributed by atoms with Crippen LogP contribution in [-0.2, 0) is 22.4 Å². The smallest absolute Gasteiger partial charge is 0.349 e. The van der Waals surface area contributed by atoms with Crippen LogP contribution in [0.4, 0.5) is 0 Å². The number of hydrogen-bond acceptors (Lipinski definition) is 7. The maximum absolute atomic E-state index is 12.4. The second kappa shape index (κ2) is 12.0. The fraction of sp³-hybridized carbons (Fsp3) is 0.517. The molecule has 0 radical (unpaired) electrons. The lowest BCUT2D eigenvalue weighted by Crippen LogP contribution is -2.40. The summed E-state index contributed by atoms with van der Waals surface area (Å²) in [4.78, 5) is 18.1. The van der Waals surface area contributed by atoms with Gasteiger partial charge < -0.3 is 18.6 Å². The first-order chi connectivity index (χ1) is 17.4. The molecule has 7 heteroatoms. The molecule has 194 valence electrons. The van der Waals surface area contributed by atoms with E-state index in [9.17, 15) is 4.79 Å². The first kappa shape index (κ1) is 26.3. The van der Waals surface area contributed by atoms with Crippen LogP contribution in [0.15, 0.2) is 40.1 Å². The maximum atomic E-state index is 12.4. The minimum Gasteiger partial charge on any atom is -0.493 e. The molecule has 4 rings (SSSR count). The normalized spacial score (nSPS) is 14.6. The second-order valence-electron chi connectivity index (χ2n) is 9.91. The summed E-state index contributed by atoms with van der Waals surface area (Å²) in [6.45, 7) is 8.08. The van der Waals surface area contributed by atoms with Crippen LogP contribution < -0.4 is 9.47 Å². The van der Waals surface area contributed by atoms with Gasteiger partial charge in [0, 0.05) is 6.42 Å². The Morgan fingerprint density at radius 3 is 2.72 bits per heavy atom. The van der Waals surface area contributed by atoms with E-state index in [2.05, 4.69) is 11.1 Å². The van der Waals surface area contributed by atoms with Gasteiger partial charge in [0.15, 0.2) is 5.60 Å². The van der Waals surface area contributed by atoms with Crippen LogP contribution in [0, 0.1) is 12.8 Å². The molecule has 0 aliphatic heterocycles. The molecule has 0 N–H and O–H groups in total. The molecule has 36 heavy (non-hydrogen) atoms. The van der Waals surface area contributed by atoms with Crippen LogP contribution >= 0.6 is 11.3 Å². The van der Waals surface area contributed by atoms with E-state index in [4.69, 9.17) is 18.6 Å². The summed E-state index contributed by atoms with van der Waals surface area (Å²) in [5, 5.41) is 2.02. The van der Waals surface area contributed by atoms with Crippen molar-refractivity contribution in [3.05, 3.63) is 52.7 Å². The Morgan fingerprint density at radius 1 is 1.19 bits per heavy atom. The van der Waals surface area contributed by atoms with E-state index in [1.807, 2.05) is 36.6 Å². The van der Waals surface area contributed by atoms with Gasteiger partial charge in [-0.05, 0) is 75.2 Å². The van der Waals surface area contributed by atoms with Gasteiger partial charge >= 0.3 is 5.97 Å². The molecule has 1 saturated carbocycles. The number of carbonyl (C=O) groups excluding carboxylic acids is 1. The quantitative estimate of drug-likeness (QED) is 0.254. The van der Waals surface area contributed by atoms with E-state index < -0.39 is 5.60 Å². The molecule has 2 aromatic heterocycles. The average Bonchev–Trinajstić information content (AvgIpc) is 3.52. The van der Waals surface area contributed by atoms with Gasteiger partial charge in [-0.25, -0.2) is 9.78 Å². The molecule has 0 amide bonds. The molecule has 0 bridgehead atoms. The van der Waals surface area contributed by atoms with Crippen LogP contribution in [0.5, 0.6) is 11.5 Å². The number of benzene rings is 1. The third kappa shape index (κ3) is 6.69. The number of ether oxygens (including phenoxy) is 3. The van der Waals surface area contributed by atoms with E-state index in [-0.39, 0.29) is 5.97 Å². The highest BCUT2D eigenvalue weighted by Crippen LogP contribution is 2.34. The fourth-order valence-corrected chi connectivity index (χ4v) is 5.31. The van der Waals surface area contributed by atoms with Gasteiger partial charge in [0.25, 0.3) is 0 Å². The summed E-state index contributed by atoms with van der Waals surface area (Å²) in [5.74, 6) is 3.26. The van der Waals surface area contributed by atoms with E-state index in [1.54, 1.807) is 32.1 Å². The van der Waals surface area contributed by atoms with Gasteiger partial charge in [0.1, 0.15) is 17.3 Å². The number of nitrogens with zero attached hydrogens (tertiary/aromatic N) is 1. The molecule has 0 atom stereocenters. The lowest BCUT2D eigenvalue weighted by Gasteiger charge is -2.27. The first-order valence-corrected chi connectivity index (χ1v) is 13.9. The highest BCUT2D eigenvalue weighted by Gasteiger charge is 2.32. The van der Waals surface area contributed by atoms with Crippen molar-refractivity contribution in [2.24, 2.45) is 5.92 Å². The molecule has 1 fully saturated rings. The van der Waals surface area contributed by atoms with E-state index in [0.29, 0.717) is 31.4 Å². The Balaban J connectivity index is 1.45. The molecule has 6 nitrogen and oxygen atoms in total. The van der Waals surface area contributed by atoms with Crippen molar-refractivity contribution in [2.45, 2.75) is 78.2 Å². The van der Waals surface area contributed by atoms with Crippen molar-refractivity contribution in [1.29, 1.82) is 0 Å². The van der Waals surface area contributed by atoms with Crippen LogP contribution in [0.3, 0.4) is 0 Å². The van der Waals surface area contributed by atoms with Gasteiger partial charge in [-0.3, -0.25) is 0 Å². The van der Waals surface area contributed by atoms with Crippen LogP contribution in [-0.4, -0.2) is 29.8 Å². The number of esters is 1. The van der Waals surface area contributed by atoms with Crippen molar-refractivity contribution in [3.8, 4) is 22.3 Å². The van der Waals surface area contributed by atoms with Crippen molar-refractivity contribution >= 4 is 17.3 Å². The minimum absolute atomic E-state index is 0.327. The van der Waals surface area contributed by atoms with Crippen molar-refractivity contribution in [1.82, 2.24) is 4.98 Å². The van der Waals surface area contributed by atoms with Crippen LogP contribution in [0.25, 0.3) is 10.8 Å². The first-order valence-electron chi connectivity index (χ1n) is 13.0. The molecular formula is C29H37NO5S. The summed E-state index contributed by atoms with van der Waals surface area (Å²) in [6, 6.07) is 9.90. The van der Waals surface area contributed by atoms with Crippen LogP contribution in [0.2, 0.25) is 0 Å². The summed E-state index contributed by atoms with van der Waals surface area (Å²) in [5.41, 5.74) is 0.927.